The molecular formula is C25H37N5O8S. The second-order valence-electron chi connectivity index (χ2n) is 9.57. The summed E-state index contributed by atoms with van der Waals surface area (Å²) in [5.41, 5.74) is 1.71. The van der Waals surface area contributed by atoms with Crippen LogP contribution >= 0.6 is 12.2 Å². The molecule has 0 bridgehead atoms. The van der Waals surface area contributed by atoms with E-state index in [1.807, 2.05) is 24.3 Å². The van der Waals surface area contributed by atoms with Crippen molar-refractivity contribution in [3.63, 3.8) is 0 Å². The first-order chi connectivity index (χ1) is 18.4. The maximum Gasteiger partial charge on any atom is 0.317 e. The summed E-state index contributed by atoms with van der Waals surface area (Å²) in [6, 6.07) is 7.08. The number of carbonyl (C=O) groups is 4. The lowest BCUT2D eigenvalue weighted by Crippen LogP contribution is -2.53. The van der Waals surface area contributed by atoms with Gasteiger partial charge in [0.15, 0.2) is 0 Å². The van der Waals surface area contributed by atoms with Crippen LogP contribution in [0.1, 0.15) is 12.5 Å². The molecule has 39 heavy (non-hydrogen) atoms. The summed E-state index contributed by atoms with van der Waals surface area (Å²) in [5, 5.41) is 41.0. The maximum atomic E-state index is 11.8. The Balaban J connectivity index is 2.39. The smallest absolute Gasteiger partial charge is 0.317 e. The summed E-state index contributed by atoms with van der Waals surface area (Å²) in [5.74, 6) is -4.18. The molecule has 216 valence electrons. The van der Waals surface area contributed by atoms with E-state index in [1.165, 1.54) is 0 Å². The van der Waals surface area contributed by atoms with Gasteiger partial charge in [0, 0.05) is 57.5 Å². The van der Waals surface area contributed by atoms with Crippen molar-refractivity contribution >= 4 is 46.8 Å². The van der Waals surface area contributed by atoms with Crippen molar-refractivity contribution in [3.8, 4) is 0 Å². The van der Waals surface area contributed by atoms with Crippen molar-refractivity contribution in [2.45, 2.75) is 19.4 Å². The molecular weight excluding hydrogens is 530 g/mol. The minimum Gasteiger partial charge on any atom is -0.480 e. The molecule has 1 aliphatic rings. The fraction of sp³-hybridized carbons (Fsp3) is 0.560. The van der Waals surface area contributed by atoms with Crippen LogP contribution in [0.3, 0.4) is 0 Å². The standard InChI is InChI=1S/C25H37N5O8S/c1-18(39)26-20-4-2-19(3-5-20)12-21-13-29(16-24(35)36)9-8-27(14-22(31)32)6-7-28(15-23(33)34)10-11-30(21)17-25(37)38/h2-5,21H,6-17H2,1H3,(H,26,39)(H,31,32)(H,33,34)(H,35,36)(H,37,38). The number of aliphatic carboxylic acids is 4. The van der Waals surface area contributed by atoms with Gasteiger partial charge in [-0.3, -0.25) is 38.8 Å². The Bertz CT molecular complexity index is 1010. The Labute approximate surface area is 232 Å². The van der Waals surface area contributed by atoms with Gasteiger partial charge in [-0.2, -0.15) is 0 Å². The van der Waals surface area contributed by atoms with Gasteiger partial charge >= 0.3 is 23.9 Å². The molecule has 0 spiro atoms. The summed E-state index contributed by atoms with van der Waals surface area (Å²) in [4.78, 5) is 53.7. The summed E-state index contributed by atoms with van der Waals surface area (Å²) in [6.07, 6.45) is 0.415. The molecule has 13 nitrogen and oxygen atoms in total. The van der Waals surface area contributed by atoms with E-state index in [0.29, 0.717) is 11.4 Å². The second-order valence-corrected chi connectivity index (χ2v) is 10.2. The summed E-state index contributed by atoms with van der Waals surface area (Å²) in [7, 11) is 0. The number of carboxylic acids is 4. The first-order valence-electron chi connectivity index (χ1n) is 12.6. The van der Waals surface area contributed by atoms with Crippen LogP contribution in [-0.2, 0) is 25.6 Å². The van der Waals surface area contributed by atoms with Crippen molar-refractivity contribution in [2.24, 2.45) is 0 Å². The SMILES string of the molecule is CC(=S)Nc1ccc(CC2CN(CC(=O)O)CCN(CC(=O)O)CCN(CC(=O)O)CCN2CC(=O)O)cc1. The number of carboxylic acid groups (broad SMARTS) is 4. The van der Waals surface area contributed by atoms with Crippen LogP contribution in [0, 0.1) is 0 Å². The predicted molar refractivity (Wildman–Crippen MR) is 147 cm³/mol. The number of benzene rings is 1. The van der Waals surface area contributed by atoms with Gasteiger partial charge in [0.25, 0.3) is 0 Å². The van der Waals surface area contributed by atoms with Gasteiger partial charge in [-0.05, 0) is 31.0 Å². The van der Waals surface area contributed by atoms with E-state index in [-0.39, 0.29) is 72.0 Å². The molecule has 1 aliphatic heterocycles. The van der Waals surface area contributed by atoms with Gasteiger partial charge < -0.3 is 25.7 Å². The highest BCUT2D eigenvalue weighted by atomic mass is 32.1. The Hall–Kier alpha value is -3.17. The third-order valence-corrected chi connectivity index (χ3v) is 6.42. The molecule has 1 fully saturated rings. The first-order valence-corrected chi connectivity index (χ1v) is 13.0. The van der Waals surface area contributed by atoms with E-state index < -0.39 is 29.9 Å². The molecule has 14 heteroatoms. The average Bonchev–Trinajstić information content (AvgIpc) is 2.81. The van der Waals surface area contributed by atoms with Crippen molar-refractivity contribution in [1.29, 1.82) is 0 Å². The zero-order chi connectivity index (χ0) is 28.9. The summed E-state index contributed by atoms with van der Waals surface area (Å²) >= 11 is 5.08. The highest BCUT2D eigenvalue weighted by Crippen LogP contribution is 2.16. The van der Waals surface area contributed by atoms with Crippen LogP contribution in [0.15, 0.2) is 24.3 Å². The van der Waals surface area contributed by atoms with E-state index in [2.05, 4.69) is 5.32 Å². The lowest BCUT2D eigenvalue weighted by Gasteiger charge is -2.37. The van der Waals surface area contributed by atoms with Crippen LogP contribution in [0.5, 0.6) is 0 Å². The predicted octanol–water partition coefficient (Wildman–Crippen LogP) is -0.0831. The van der Waals surface area contributed by atoms with Crippen molar-refractivity contribution in [3.05, 3.63) is 29.8 Å². The van der Waals surface area contributed by atoms with E-state index in [9.17, 15) is 39.6 Å². The molecule has 1 unspecified atom stereocenters. The van der Waals surface area contributed by atoms with Crippen LogP contribution in [-0.4, -0.2) is 147 Å². The molecule has 0 radical (unpaired) electrons. The third kappa shape index (κ3) is 13.0. The van der Waals surface area contributed by atoms with Crippen molar-refractivity contribution < 1.29 is 39.6 Å². The van der Waals surface area contributed by atoms with Gasteiger partial charge in [0.2, 0.25) is 0 Å². The highest BCUT2D eigenvalue weighted by molar-refractivity contribution is 7.80. The quantitative estimate of drug-likeness (QED) is 0.225. The molecule has 5 N–H and O–H groups in total. The normalized spacial score (nSPS) is 18.9. The topological polar surface area (TPSA) is 174 Å². The van der Waals surface area contributed by atoms with Gasteiger partial charge in [0.1, 0.15) is 0 Å². The van der Waals surface area contributed by atoms with Gasteiger partial charge in [-0.25, -0.2) is 0 Å². The molecule has 1 atom stereocenters. The highest BCUT2D eigenvalue weighted by Gasteiger charge is 2.27. The maximum absolute atomic E-state index is 11.8. The zero-order valence-electron chi connectivity index (χ0n) is 22.0. The van der Waals surface area contributed by atoms with E-state index >= 15 is 0 Å². The Morgan fingerprint density at radius 3 is 1.64 bits per heavy atom. The molecule has 0 amide bonds. The molecule has 1 aromatic rings. The fourth-order valence-corrected chi connectivity index (χ4v) is 4.67. The fourth-order valence-electron chi connectivity index (χ4n) is 4.56. The van der Waals surface area contributed by atoms with Gasteiger partial charge in [-0.1, -0.05) is 24.4 Å². The third-order valence-electron chi connectivity index (χ3n) is 6.31. The van der Waals surface area contributed by atoms with Gasteiger partial charge in [-0.15, -0.1) is 0 Å². The van der Waals surface area contributed by atoms with Crippen LogP contribution < -0.4 is 5.32 Å². The zero-order valence-corrected chi connectivity index (χ0v) is 22.8. The van der Waals surface area contributed by atoms with E-state index in [4.69, 9.17) is 12.2 Å². The van der Waals surface area contributed by atoms with Crippen LogP contribution in [0.25, 0.3) is 0 Å². The lowest BCUT2D eigenvalue weighted by atomic mass is 10.0. The van der Waals surface area contributed by atoms with Crippen molar-refractivity contribution in [2.75, 3.05) is 77.3 Å². The number of hydrogen-bond donors (Lipinski definition) is 5. The number of thiocarbonyl (C=S) groups is 1. The summed E-state index contributed by atoms with van der Waals surface area (Å²) < 4.78 is 0. The molecule has 0 aliphatic carbocycles. The summed E-state index contributed by atoms with van der Waals surface area (Å²) in [6.45, 7) is 2.35. The number of nitrogens with one attached hydrogen (secondary N) is 1. The number of anilines is 1. The van der Waals surface area contributed by atoms with Crippen LogP contribution in [0.4, 0.5) is 5.69 Å². The van der Waals surface area contributed by atoms with E-state index in [0.717, 1.165) is 11.3 Å². The Morgan fingerprint density at radius 1 is 0.744 bits per heavy atom. The van der Waals surface area contributed by atoms with Crippen molar-refractivity contribution in [1.82, 2.24) is 19.6 Å². The number of rotatable bonds is 11. The van der Waals surface area contributed by atoms with E-state index in [1.54, 1.807) is 26.5 Å². The molecule has 1 heterocycles. The number of hydrogen-bond acceptors (Lipinski definition) is 9. The second kappa shape index (κ2) is 16.1. The van der Waals surface area contributed by atoms with Crippen LogP contribution in [0.2, 0.25) is 0 Å². The molecule has 0 aromatic heterocycles. The molecule has 1 aromatic carbocycles. The largest absolute Gasteiger partial charge is 0.480 e. The molecule has 1 saturated heterocycles. The molecule has 0 saturated carbocycles. The average molecular weight is 568 g/mol. The Morgan fingerprint density at radius 2 is 1.18 bits per heavy atom. The minimum absolute atomic E-state index is 0.221. The molecule has 2 rings (SSSR count). The van der Waals surface area contributed by atoms with Gasteiger partial charge in [0.05, 0.1) is 31.2 Å². The Kier molecular flexibility index (Phi) is 13.2. The first kappa shape index (κ1) is 32.0. The minimum atomic E-state index is -1.05. The number of nitrogens with zero attached hydrogens (tertiary/aromatic N) is 4. The lowest BCUT2D eigenvalue weighted by molar-refractivity contribution is -0.142. The monoisotopic (exact) mass is 567 g/mol.